The highest BCUT2D eigenvalue weighted by molar-refractivity contribution is 7.90. The van der Waals surface area contributed by atoms with Crippen LogP contribution in [0.3, 0.4) is 0 Å². The van der Waals surface area contributed by atoms with Crippen molar-refractivity contribution in [2.75, 3.05) is 30.9 Å². The van der Waals surface area contributed by atoms with E-state index in [0.717, 1.165) is 29.7 Å². The van der Waals surface area contributed by atoms with Crippen LogP contribution in [0.15, 0.2) is 53.6 Å². The zero-order valence-corrected chi connectivity index (χ0v) is 23.8. The van der Waals surface area contributed by atoms with Gasteiger partial charge >= 0.3 is 0 Å². The molecule has 0 atom stereocenters. The van der Waals surface area contributed by atoms with E-state index in [1.54, 1.807) is 38.4 Å². The molecule has 0 aliphatic heterocycles. The van der Waals surface area contributed by atoms with Crippen LogP contribution in [0.1, 0.15) is 36.0 Å². The molecule has 0 saturated heterocycles. The first-order valence-corrected chi connectivity index (χ1v) is 15.6. The first-order valence-electron chi connectivity index (χ1n) is 12.6. The maximum Gasteiger partial charge on any atom is 0.240 e. The molecule has 1 saturated carbocycles. The van der Waals surface area contributed by atoms with Gasteiger partial charge in [0.05, 0.1) is 10.1 Å². The van der Waals surface area contributed by atoms with Crippen molar-refractivity contribution in [3.8, 4) is 0 Å². The number of methoxy groups -OCH3 is 1. The van der Waals surface area contributed by atoms with E-state index in [0.29, 0.717) is 36.0 Å². The van der Waals surface area contributed by atoms with Crippen molar-refractivity contribution in [2.24, 2.45) is 0 Å². The summed E-state index contributed by atoms with van der Waals surface area (Å²) in [4.78, 5) is 9.07. The Labute approximate surface area is 229 Å². The number of sulfonamides is 2. The van der Waals surface area contributed by atoms with Crippen LogP contribution < -0.4 is 20.1 Å². The summed E-state index contributed by atoms with van der Waals surface area (Å²) in [6.07, 6.45) is 3.69. The van der Waals surface area contributed by atoms with Gasteiger partial charge < -0.3 is 15.4 Å². The number of anilines is 4. The molecule has 1 heterocycles. The molecular weight excluding hydrogens is 540 g/mol. The minimum atomic E-state index is -3.70. The van der Waals surface area contributed by atoms with Gasteiger partial charge in [0.15, 0.2) is 0 Å². The van der Waals surface area contributed by atoms with Crippen LogP contribution in [0.4, 0.5) is 23.1 Å². The Kier molecular flexibility index (Phi) is 9.18. The van der Waals surface area contributed by atoms with E-state index >= 15 is 0 Å². The molecule has 0 unspecified atom stereocenters. The molecule has 0 amide bonds. The fraction of sp³-hybridized carbons (Fsp3) is 0.385. The van der Waals surface area contributed by atoms with Gasteiger partial charge in [-0.15, -0.1) is 0 Å². The van der Waals surface area contributed by atoms with Crippen molar-refractivity contribution < 1.29 is 21.6 Å². The lowest BCUT2D eigenvalue weighted by atomic mass is 10.2. The van der Waals surface area contributed by atoms with Gasteiger partial charge in [0.25, 0.3) is 0 Å². The molecule has 210 valence electrons. The number of nitrogens with zero attached hydrogens (tertiary/aromatic N) is 2. The summed E-state index contributed by atoms with van der Waals surface area (Å²) in [5, 5.41) is 6.10. The smallest absolute Gasteiger partial charge is 0.240 e. The first kappa shape index (κ1) is 28.9. The van der Waals surface area contributed by atoms with Gasteiger partial charge in [-0.2, -0.15) is 4.98 Å². The average molecular weight is 575 g/mol. The summed E-state index contributed by atoms with van der Waals surface area (Å²) in [6, 6.07) is 12.5. The third-order valence-electron chi connectivity index (χ3n) is 6.18. The predicted octanol–water partition coefficient (Wildman–Crippen LogP) is 3.48. The van der Waals surface area contributed by atoms with Gasteiger partial charge in [0, 0.05) is 49.9 Å². The fourth-order valence-corrected chi connectivity index (χ4v) is 6.45. The molecule has 4 N–H and O–H groups in total. The van der Waals surface area contributed by atoms with E-state index in [1.807, 2.05) is 31.2 Å². The summed E-state index contributed by atoms with van der Waals surface area (Å²) in [5.41, 5.74) is 3.60. The molecule has 0 bridgehead atoms. The molecular formula is C26H34N6O5S2. The van der Waals surface area contributed by atoms with E-state index in [4.69, 9.17) is 4.74 Å². The van der Waals surface area contributed by atoms with Gasteiger partial charge in [0.1, 0.15) is 5.82 Å². The lowest BCUT2D eigenvalue weighted by molar-refractivity contribution is 0.196. The van der Waals surface area contributed by atoms with Gasteiger partial charge in [-0.25, -0.2) is 31.3 Å². The molecule has 2 aromatic carbocycles. The zero-order valence-electron chi connectivity index (χ0n) is 22.2. The standard InChI is InChI=1S/C26H34N6O5S2/c1-18-5-8-22(15-24(18)39(35,36)28-13-4-14-37-3)31-26-27-16-19(2)25(32-26)30-21-9-6-20(7-10-21)17-29-38(33,34)23-11-12-23/h5-10,15-16,23,28-29H,4,11-14,17H2,1-3H3,(H2,27,30,31,32). The lowest BCUT2D eigenvalue weighted by Gasteiger charge is -2.14. The summed E-state index contributed by atoms with van der Waals surface area (Å²) in [6.45, 7) is 4.61. The largest absolute Gasteiger partial charge is 0.385 e. The minimum Gasteiger partial charge on any atom is -0.385 e. The summed E-state index contributed by atoms with van der Waals surface area (Å²) >= 11 is 0. The molecule has 11 nitrogen and oxygen atoms in total. The van der Waals surface area contributed by atoms with Crippen molar-refractivity contribution in [1.29, 1.82) is 0 Å². The Balaban J connectivity index is 1.42. The molecule has 1 fully saturated rings. The maximum atomic E-state index is 12.8. The number of hydrogen-bond donors (Lipinski definition) is 4. The number of aromatic nitrogens is 2. The number of rotatable bonds is 14. The van der Waals surface area contributed by atoms with Crippen LogP contribution in [-0.2, 0) is 31.3 Å². The Morgan fingerprint density at radius 1 is 0.923 bits per heavy atom. The normalized spacial score (nSPS) is 13.8. The Morgan fingerprint density at radius 2 is 1.64 bits per heavy atom. The Hall–Kier alpha value is -3.10. The van der Waals surface area contributed by atoms with Crippen molar-refractivity contribution in [1.82, 2.24) is 19.4 Å². The van der Waals surface area contributed by atoms with Crippen LogP contribution in [0.5, 0.6) is 0 Å². The highest BCUT2D eigenvalue weighted by atomic mass is 32.2. The molecule has 1 aliphatic rings. The van der Waals surface area contributed by atoms with Gasteiger partial charge in [0.2, 0.25) is 26.0 Å². The van der Waals surface area contributed by atoms with Gasteiger partial charge in [-0.05, 0) is 68.5 Å². The van der Waals surface area contributed by atoms with E-state index in [2.05, 4.69) is 30.0 Å². The molecule has 3 aromatic rings. The van der Waals surface area contributed by atoms with Crippen molar-refractivity contribution in [3.63, 3.8) is 0 Å². The quantitative estimate of drug-likeness (QED) is 0.212. The second kappa shape index (κ2) is 12.4. The van der Waals surface area contributed by atoms with Crippen LogP contribution in [0.25, 0.3) is 0 Å². The van der Waals surface area contributed by atoms with Crippen LogP contribution in [0, 0.1) is 13.8 Å². The van der Waals surface area contributed by atoms with Gasteiger partial charge in [-0.1, -0.05) is 18.2 Å². The first-order chi connectivity index (χ1) is 18.6. The fourth-order valence-electron chi connectivity index (χ4n) is 3.75. The van der Waals surface area contributed by atoms with E-state index in [-0.39, 0.29) is 23.2 Å². The zero-order chi connectivity index (χ0) is 28.0. The van der Waals surface area contributed by atoms with Gasteiger partial charge in [-0.3, -0.25) is 0 Å². The number of aryl methyl sites for hydroxylation is 2. The Morgan fingerprint density at radius 3 is 2.33 bits per heavy atom. The molecule has 4 rings (SSSR count). The summed E-state index contributed by atoms with van der Waals surface area (Å²) in [7, 11) is -5.35. The SMILES string of the molecule is COCCCNS(=O)(=O)c1cc(Nc2ncc(C)c(Nc3ccc(CNS(=O)(=O)C4CC4)cc3)n2)ccc1C. The second-order valence-corrected chi connectivity index (χ2v) is 13.2. The maximum absolute atomic E-state index is 12.8. The Bertz CT molecular complexity index is 1510. The number of benzene rings is 2. The van der Waals surface area contributed by atoms with E-state index in [9.17, 15) is 16.8 Å². The van der Waals surface area contributed by atoms with Crippen LogP contribution >= 0.6 is 0 Å². The molecule has 13 heteroatoms. The highest BCUT2D eigenvalue weighted by Gasteiger charge is 2.35. The average Bonchev–Trinajstić information content (AvgIpc) is 3.76. The monoisotopic (exact) mass is 574 g/mol. The molecule has 0 radical (unpaired) electrons. The molecule has 0 spiro atoms. The van der Waals surface area contributed by atoms with Crippen LogP contribution in [-0.4, -0.2) is 52.3 Å². The molecule has 39 heavy (non-hydrogen) atoms. The van der Waals surface area contributed by atoms with Crippen molar-refractivity contribution in [3.05, 3.63) is 65.4 Å². The summed E-state index contributed by atoms with van der Waals surface area (Å²) in [5.74, 6) is 0.879. The second-order valence-electron chi connectivity index (χ2n) is 9.46. The summed E-state index contributed by atoms with van der Waals surface area (Å²) < 4.78 is 59.9. The third-order valence-corrected chi connectivity index (χ3v) is 9.68. The highest BCUT2D eigenvalue weighted by Crippen LogP contribution is 2.28. The third kappa shape index (κ3) is 7.96. The number of ether oxygens (including phenoxy) is 1. The predicted molar refractivity (Wildman–Crippen MR) is 151 cm³/mol. The molecule has 1 aromatic heterocycles. The number of hydrogen-bond acceptors (Lipinski definition) is 9. The minimum absolute atomic E-state index is 0.176. The molecule has 1 aliphatic carbocycles. The van der Waals surface area contributed by atoms with Crippen molar-refractivity contribution in [2.45, 2.75) is 49.8 Å². The van der Waals surface area contributed by atoms with E-state index in [1.165, 1.54) is 0 Å². The topological polar surface area (TPSA) is 151 Å². The lowest BCUT2D eigenvalue weighted by Crippen LogP contribution is -2.26. The number of nitrogens with one attached hydrogen (secondary N) is 4. The van der Waals surface area contributed by atoms with E-state index < -0.39 is 20.0 Å². The van der Waals surface area contributed by atoms with Crippen molar-refractivity contribution >= 4 is 43.2 Å². The van der Waals surface area contributed by atoms with Crippen LogP contribution in [0.2, 0.25) is 0 Å².